The maximum atomic E-state index is 12.6. The molecule has 0 aliphatic heterocycles. The molecule has 0 bridgehead atoms. The van der Waals surface area contributed by atoms with Crippen LogP contribution in [-0.2, 0) is 16.2 Å². The number of alkyl halides is 3. The van der Waals surface area contributed by atoms with Crippen LogP contribution in [0.3, 0.4) is 0 Å². The first kappa shape index (κ1) is 17.2. The highest BCUT2D eigenvalue weighted by molar-refractivity contribution is 7.88. The van der Waals surface area contributed by atoms with E-state index in [0.717, 1.165) is 18.4 Å². The second-order valence-electron chi connectivity index (χ2n) is 4.22. The summed E-state index contributed by atoms with van der Waals surface area (Å²) >= 11 is 0. The van der Waals surface area contributed by atoms with Gasteiger partial charge in [0.25, 0.3) is 5.91 Å². The van der Waals surface area contributed by atoms with E-state index in [1.807, 2.05) is 0 Å². The normalized spacial score (nSPS) is 12.2. The quantitative estimate of drug-likeness (QED) is 0.544. The largest absolute Gasteiger partial charge is 0.416 e. The zero-order chi connectivity index (χ0) is 16.3. The van der Waals surface area contributed by atoms with Gasteiger partial charge in [-0.15, -0.1) is 0 Å². The van der Waals surface area contributed by atoms with E-state index in [1.165, 1.54) is 0 Å². The molecular formula is C11H14F3N3O3S. The summed E-state index contributed by atoms with van der Waals surface area (Å²) in [4.78, 5) is 11.7. The molecule has 1 aromatic rings. The van der Waals surface area contributed by atoms with Gasteiger partial charge in [0.2, 0.25) is 10.0 Å². The summed E-state index contributed by atoms with van der Waals surface area (Å²) in [5, 5.41) is 2.28. The predicted octanol–water partition coefficient (Wildman–Crippen LogP) is 0.567. The van der Waals surface area contributed by atoms with Gasteiger partial charge < -0.3 is 11.1 Å². The summed E-state index contributed by atoms with van der Waals surface area (Å²) in [5.41, 5.74) is 4.06. The minimum atomic E-state index is -4.58. The highest BCUT2D eigenvalue weighted by Crippen LogP contribution is 2.31. The predicted molar refractivity (Wildman–Crippen MR) is 71.0 cm³/mol. The number of nitrogen functional groups attached to an aromatic ring is 1. The Bertz CT molecular complexity index is 629. The number of hydrogen-bond donors (Lipinski definition) is 3. The van der Waals surface area contributed by atoms with Crippen LogP contribution in [0.5, 0.6) is 0 Å². The minimum Gasteiger partial charge on any atom is -0.398 e. The summed E-state index contributed by atoms with van der Waals surface area (Å²) in [7, 11) is -3.40. The van der Waals surface area contributed by atoms with E-state index in [2.05, 4.69) is 10.0 Å². The number of nitrogens with two attached hydrogens (primary N) is 1. The summed E-state index contributed by atoms with van der Waals surface area (Å²) < 4.78 is 61.4. The fourth-order valence-corrected chi connectivity index (χ4v) is 1.91. The molecule has 21 heavy (non-hydrogen) atoms. The molecule has 0 fully saturated rings. The second kappa shape index (κ2) is 6.31. The summed E-state index contributed by atoms with van der Waals surface area (Å²) in [6.07, 6.45) is -3.64. The van der Waals surface area contributed by atoms with Gasteiger partial charge in [-0.1, -0.05) is 0 Å². The van der Waals surface area contributed by atoms with Crippen molar-refractivity contribution < 1.29 is 26.4 Å². The molecule has 0 atom stereocenters. The Hall–Kier alpha value is -1.81. The first-order chi connectivity index (χ1) is 9.50. The van der Waals surface area contributed by atoms with Crippen molar-refractivity contribution in [3.63, 3.8) is 0 Å². The monoisotopic (exact) mass is 325 g/mol. The van der Waals surface area contributed by atoms with E-state index >= 15 is 0 Å². The first-order valence-electron chi connectivity index (χ1n) is 5.70. The molecule has 1 aromatic carbocycles. The molecule has 10 heteroatoms. The van der Waals surface area contributed by atoms with Crippen LogP contribution in [0.4, 0.5) is 18.9 Å². The van der Waals surface area contributed by atoms with Gasteiger partial charge >= 0.3 is 6.18 Å². The van der Waals surface area contributed by atoms with E-state index in [-0.39, 0.29) is 24.3 Å². The number of rotatable bonds is 5. The highest BCUT2D eigenvalue weighted by Gasteiger charge is 2.31. The smallest absolute Gasteiger partial charge is 0.398 e. The number of halogens is 3. The Morgan fingerprint density at radius 3 is 2.43 bits per heavy atom. The molecule has 4 N–H and O–H groups in total. The van der Waals surface area contributed by atoms with Crippen molar-refractivity contribution in [3.05, 3.63) is 29.3 Å². The number of sulfonamides is 1. The van der Waals surface area contributed by atoms with Crippen LogP contribution >= 0.6 is 0 Å². The molecule has 0 unspecified atom stereocenters. The van der Waals surface area contributed by atoms with E-state index in [1.54, 1.807) is 0 Å². The van der Waals surface area contributed by atoms with Crippen LogP contribution in [0, 0.1) is 0 Å². The van der Waals surface area contributed by atoms with Crippen LogP contribution in [0.15, 0.2) is 18.2 Å². The van der Waals surface area contributed by atoms with Gasteiger partial charge in [0.15, 0.2) is 0 Å². The lowest BCUT2D eigenvalue weighted by Crippen LogP contribution is -2.34. The molecule has 0 spiro atoms. The van der Waals surface area contributed by atoms with Crippen LogP contribution < -0.4 is 15.8 Å². The molecule has 0 radical (unpaired) electrons. The second-order valence-corrected chi connectivity index (χ2v) is 6.06. The van der Waals surface area contributed by atoms with Gasteiger partial charge in [0, 0.05) is 18.8 Å². The third-order valence-corrected chi connectivity index (χ3v) is 3.13. The summed E-state index contributed by atoms with van der Waals surface area (Å²) in [6.45, 7) is -0.162. The zero-order valence-corrected chi connectivity index (χ0v) is 11.8. The lowest BCUT2D eigenvalue weighted by molar-refractivity contribution is -0.137. The van der Waals surface area contributed by atoms with Gasteiger partial charge in [0.05, 0.1) is 17.4 Å². The van der Waals surface area contributed by atoms with Crippen molar-refractivity contribution in [2.75, 3.05) is 25.1 Å². The molecule has 0 aliphatic rings. The number of carbonyl (C=O) groups is 1. The molecule has 6 nitrogen and oxygen atoms in total. The molecule has 0 saturated carbocycles. The molecule has 0 aliphatic carbocycles. The van der Waals surface area contributed by atoms with Gasteiger partial charge in [-0.25, -0.2) is 13.1 Å². The lowest BCUT2D eigenvalue weighted by atomic mass is 10.1. The third-order valence-electron chi connectivity index (χ3n) is 2.40. The topological polar surface area (TPSA) is 101 Å². The van der Waals surface area contributed by atoms with Crippen molar-refractivity contribution in [2.24, 2.45) is 0 Å². The first-order valence-corrected chi connectivity index (χ1v) is 7.59. The van der Waals surface area contributed by atoms with Crippen molar-refractivity contribution in [2.45, 2.75) is 6.18 Å². The fraction of sp³-hybridized carbons (Fsp3) is 0.364. The van der Waals surface area contributed by atoms with E-state index in [4.69, 9.17) is 5.73 Å². The Morgan fingerprint density at radius 2 is 1.90 bits per heavy atom. The van der Waals surface area contributed by atoms with Crippen LogP contribution in [-0.4, -0.2) is 33.7 Å². The van der Waals surface area contributed by atoms with Crippen molar-refractivity contribution in [1.82, 2.24) is 10.0 Å². The van der Waals surface area contributed by atoms with Crippen molar-refractivity contribution >= 4 is 21.6 Å². The van der Waals surface area contributed by atoms with Gasteiger partial charge in [0.1, 0.15) is 0 Å². The van der Waals surface area contributed by atoms with Crippen molar-refractivity contribution in [1.29, 1.82) is 0 Å². The Balaban J connectivity index is 2.74. The lowest BCUT2D eigenvalue weighted by Gasteiger charge is -2.11. The van der Waals surface area contributed by atoms with E-state index < -0.39 is 27.7 Å². The minimum absolute atomic E-state index is 0.0799. The SMILES string of the molecule is CS(=O)(=O)NCCNC(=O)c1cc(C(F)(F)F)ccc1N. The Morgan fingerprint density at radius 1 is 1.29 bits per heavy atom. The number of carbonyl (C=O) groups excluding carboxylic acids is 1. The molecule has 1 amide bonds. The van der Waals surface area contributed by atoms with Gasteiger partial charge in [-0.2, -0.15) is 13.2 Å². The van der Waals surface area contributed by atoms with Crippen LogP contribution in [0.2, 0.25) is 0 Å². The van der Waals surface area contributed by atoms with Gasteiger partial charge in [-0.05, 0) is 18.2 Å². The standard InChI is InChI=1S/C11H14F3N3O3S/c1-21(19,20)17-5-4-16-10(18)8-6-7(11(12,13)14)2-3-9(8)15/h2-3,6,17H,4-5,15H2,1H3,(H,16,18). The third kappa shape index (κ3) is 5.60. The number of hydrogen-bond acceptors (Lipinski definition) is 4. The van der Waals surface area contributed by atoms with Crippen molar-refractivity contribution in [3.8, 4) is 0 Å². The summed E-state index contributed by atoms with van der Waals surface area (Å²) in [5.74, 6) is -0.811. The average Bonchev–Trinajstić information content (AvgIpc) is 2.32. The number of benzene rings is 1. The average molecular weight is 325 g/mol. The molecule has 1 rings (SSSR count). The highest BCUT2D eigenvalue weighted by atomic mass is 32.2. The molecule has 0 heterocycles. The van der Waals surface area contributed by atoms with E-state index in [9.17, 15) is 26.4 Å². The van der Waals surface area contributed by atoms with Gasteiger partial charge in [-0.3, -0.25) is 4.79 Å². The number of amides is 1. The number of nitrogens with one attached hydrogen (secondary N) is 2. The zero-order valence-electron chi connectivity index (χ0n) is 11.0. The maximum Gasteiger partial charge on any atom is 0.416 e. The van der Waals surface area contributed by atoms with Crippen LogP contribution in [0.25, 0.3) is 0 Å². The fourth-order valence-electron chi connectivity index (χ4n) is 1.44. The molecule has 0 saturated heterocycles. The number of anilines is 1. The summed E-state index contributed by atoms with van der Waals surface area (Å²) in [6, 6.07) is 2.42. The van der Waals surface area contributed by atoms with E-state index in [0.29, 0.717) is 6.07 Å². The molecule has 118 valence electrons. The molecular weight excluding hydrogens is 311 g/mol. The Kier molecular flexibility index (Phi) is 5.18. The van der Waals surface area contributed by atoms with Crippen LogP contribution in [0.1, 0.15) is 15.9 Å². The maximum absolute atomic E-state index is 12.6. The Labute approximate surface area is 119 Å². The molecule has 0 aromatic heterocycles.